The molecule has 3 amide bonds. The van der Waals surface area contributed by atoms with Gasteiger partial charge in [-0.1, -0.05) is 55.2 Å². The number of hydrogen-bond donors (Lipinski definition) is 4. The van der Waals surface area contributed by atoms with Gasteiger partial charge >= 0.3 is 12.0 Å². The molecule has 210 valence electrons. The summed E-state index contributed by atoms with van der Waals surface area (Å²) in [6, 6.07) is 14.1. The predicted octanol–water partition coefficient (Wildman–Crippen LogP) is 7.22. The zero-order valence-electron chi connectivity index (χ0n) is 23.4. The van der Waals surface area contributed by atoms with Gasteiger partial charge in [-0.05, 0) is 93.0 Å². The quantitative estimate of drug-likeness (QED) is 0.251. The van der Waals surface area contributed by atoms with Gasteiger partial charge in [0.25, 0.3) is 5.91 Å². The Hall–Kier alpha value is -4.20. The van der Waals surface area contributed by atoms with Crippen molar-refractivity contribution in [3.8, 4) is 11.1 Å². The van der Waals surface area contributed by atoms with Crippen LogP contribution in [0.3, 0.4) is 0 Å². The number of carboxylic acid groups (broad SMARTS) is 1. The molecule has 0 spiro atoms. The Morgan fingerprint density at radius 3 is 2.15 bits per heavy atom. The Labute approximate surface area is 234 Å². The van der Waals surface area contributed by atoms with Gasteiger partial charge < -0.3 is 21.1 Å². The van der Waals surface area contributed by atoms with Gasteiger partial charge in [-0.2, -0.15) is 0 Å². The Bertz CT molecular complexity index is 1420. The molecule has 3 aromatic carbocycles. The second-order valence-corrected chi connectivity index (χ2v) is 10.9. The number of anilines is 2. The average molecular weight is 546 g/mol. The van der Waals surface area contributed by atoms with Gasteiger partial charge in [0.15, 0.2) is 0 Å². The molecule has 0 radical (unpaired) electrons. The SMILES string of the molecule is Cc1cc(C)c(NC(=O)Nc2cc(-c3cccc(F)c3)ccc2C(=O)N[C@](C)(C(=O)O)C2CCCCC2)c(C)c1. The summed E-state index contributed by atoms with van der Waals surface area (Å²) < 4.78 is 14.0. The van der Waals surface area contributed by atoms with E-state index in [9.17, 15) is 23.9 Å². The first-order valence-electron chi connectivity index (χ1n) is 13.6. The fourth-order valence-electron chi connectivity index (χ4n) is 5.65. The molecule has 4 N–H and O–H groups in total. The molecule has 0 aliphatic heterocycles. The molecule has 8 heteroatoms. The van der Waals surface area contributed by atoms with E-state index in [4.69, 9.17) is 0 Å². The Morgan fingerprint density at radius 2 is 1.52 bits per heavy atom. The number of aryl methyl sites for hydroxylation is 3. The molecule has 0 saturated heterocycles. The van der Waals surface area contributed by atoms with Crippen molar-refractivity contribution in [3.05, 3.63) is 82.7 Å². The van der Waals surface area contributed by atoms with Crippen LogP contribution < -0.4 is 16.0 Å². The predicted molar refractivity (Wildman–Crippen MR) is 155 cm³/mol. The van der Waals surface area contributed by atoms with Crippen molar-refractivity contribution in [1.82, 2.24) is 5.32 Å². The summed E-state index contributed by atoms with van der Waals surface area (Å²) in [5, 5.41) is 18.5. The number of carboxylic acids is 1. The zero-order chi connectivity index (χ0) is 29.0. The van der Waals surface area contributed by atoms with Crippen LogP contribution in [0.15, 0.2) is 54.6 Å². The highest BCUT2D eigenvalue weighted by Gasteiger charge is 2.43. The number of rotatable bonds is 7. The van der Waals surface area contributed by atoms with E-state index in [0.29, 0.717) is 29.7 Å². The number of carbonyl (C=O) groups excluding carboxylic acids is 2. The third-order valence-electron chi connectivity index (χ3n) is 7.83. The first-order chi connectivity index (χ1) is 19.0. The van der Waals surface area contributed by atoms with Crippen molar-refractivity contribution in [3.63, 3.8) is 0 Å². The van der Waals surface area contributed by atoms with Crippen LogP contribution in [0.4, 0.5) is 20.6 Å². The van der Waals surface area contributed by atoms with Crippen molar-refractivity contribution in [2.45, 2.75) is 65.3 Å². The van der Waals surface area contributed by atoms with E-state index in [0.717, 1.165) is 36.0 Å². The Kier molecular flexibility index (Phi) is 8.57. The molecule has 1 atom stereocenters. The van der Waals surface area contributed by atoms with Gasteiger partial charge in [0.2, 0.25) is 0 Å². The van der Waals surface area contributed by atoms with Crippen LogP contribution in [0.2, 0.25) is 0 Å². The van der Waals surface area contributed by atoms with Gasteiger partial charge in [-0.25, -0.2) is 14.0 Å². The minimum Gasteiger partial charge on any atom is -0.480 e. The topological polar surface area (TPSA) is 108 Å². The number of amides is 3. The third kappa shape index (κ3) is 6.33. The standard InChI is InChI=1S/C32H36FN3O4/c1-19-15-20(2)28(21(3)16-19)35-31(40)34-27-18-23(22-9-8-12-25(33)17-22)13-14-26(27)29(37)36-32(4,30(38)39)24-10-6-5-7-11-24/h8-9,12-18,24H,5-7,10-11H2,1-4H3,(H,36,37)(H,38,39)(H2,34,35,40)/t32-/m0/s1. The van der Waals surface area contributed by atoms with Crippen LogP contribution in [0.25, 0.3) is 11.1 Å². The van der Waals surface area contributed by atoms with Gasteiger partial charge in [-0.3, -0.25) is 4.79 Å². The van der Waals surface area contributed by atoms with Crippen LogP contribution >= 0.6 is 0 Å². The second-order valence-electron chi connectivity index (χ2n) is 10.9. The molecule has 1 aliphatic rings. The van der Waals surface area contributed by atoms with Crippen molar-refractivity contribution >= 4 is 29.3 Å². The number of nitrogens with one attached hydrogen (secondary N) is 3. The second kappa shape index (κ2) is 11.9. The molecular formula is C32H36FN3O4. The molecular weight excluding hydrogens is 509 g/mol. The van der Waals surface area contributed by atoms with E-state index in [2.05, 4.69) is 16.0 Å². The first-order valence-corrected chi connectivity index (χ1v) is 13.6. The van der Waals surface area contributed by atoms with Gasteiger partial charge in [-0.15, -0.1) is 0 Å². The molecule has 0 heterocycles. The fraction of sp³-hybridized carbons (Fsp3) is 0.344. The highest BCUT2D eigenvalue weighted by atomic mass is 19.1. The van der Waals surface area contributed by atoms with Crippen molar-refractivity contribution in [2.24, 2.45) is 5.92 Å². The molecule has 0 unspecified atom stereocenters. The number of halogens is 1. The number of aliphatic carboxylic acids is 1. The lowest BCUT2D eigenvalue weighted by Gasteiger charge is -2.37. The number of urea groups is 1. The molecule has 7 nitrogen and oxygen atoms in total. The van der Waals surface area contributed by atoms with Crippen molar-refractivity contribution in [1.29, 1.82) is 0 Å². The van der Waals surface area contributed by atoms with E-state index in [1.807, 2.05) is 32.9 Å². The van der Waals surface area contributed by atoms with Crippen LogP contribution in [-0.4, -0.2) is 28.6 Å². The monoisotopic (exact) mass is 545 g/mol. The van der Waals surface area contributed by atoms with Crippen LogP contribution in [0.5, 0.6) is 0 Å². The largest absolute Gasteiger partial charge is 0.480 e. The van der Waals surface area contributed by atoms with Crippen molar-refractivity contribution in [2.75, 3.05) is 10.6 Å². The molecule has 4 rings (SSSR count). The number of carbonyl (C=O) groups is 3. The zero-order valence-corrected chi connectivity index (χ0v) is 23.4. The lowest BCUT2D eigenvalue weighted by molar-refractivity contribution is -0.146. The van der Waals surface area contributed by atoms with Gasteiger partial charge in [0, 0.05) is 5.69 Å². The highest BCUT2D eigenvalue weighted by Crippen LogP contribution is 2.34. The van der Waals surface area contributed by atoms with E-state index < -0.39 is 29.3 Å². The maximum absolute atomic E-state index is 14.0. The normalized spacial score (nSPS) is 15.1. The smallest absolute Gasteiger partial charge is 0.329 e. The van der Waals surface area contributed by atoms with E-state index in [1.165, 1.54) is 18.2 Å². The maximum Gasteiger partial charge on any atom is 0.329 e. The molecule has 0 bridgehead atoms. The van der Waals surface area contributed by atoms with E-state index in [-0.39, 0.29) is 17.2 Å². The van der Waals surface area contributed by atoms with Crippen LogP contribution in [-0.2, 0) is 4.79 Å². The lowest BCUT2D eigenvalue weighted by atomic mass is 9.75. The molecule has 1 saturated carbocycles. The fourth-order valence-corrected chi connectivity index (χ4v) is 5.65. The molecule has 40 heavy (non-hydrogen) atoms. The summed E-state index contributed by atoms with van der Waals surface area (Å²) in [6.45, 7) is 7.33. The minimum absolute atomic E-state index is 0.107. The van der Waals surface area contributed by atoms with Crippen LogP contribution in [0.1, 0.15) is 66.1 Å². The average Bonchev–Trinajstić information content (AvgIpc) is 2.91. The summed E-state index contributed by atoms with van der Waals surface area (Å²) in [5.41, 5.74) is 3.49. The van der Waals surface area contributed by atoms with Gasteiger partial charge in [0.05, 0.1) is 11.3 Å². The summed E-state index contributed by atoms with van der Waals surface area (Å²) in [4.78, 5) is 39.2. The third-order valence-corrected chi connectivity index (χ3v) is 7.83. The summed E-state index contributed by atoms with van der Waals surface area (Å²) in [6.07, 6.45) is 4.30. The molecule has 1 aliphatic carbocycles. The summed E-state index contributed by atoms with van der Waals surface area (Å²) in [5.74, 6) is -2.33. The minimum atomic E-state index is -1.46. The Balaban J connectivity index is 1.68. The first kappa shape index (κ1) is 28.8. The maximum atomic E-state index is 14.0. The van der Waals surface area contributed by atoms with E-state index in [1.54, 1.807) is 31.2 Å². The summed E-state index contributed by atoms with van der Waals surface area (Å²) in [7, 11) is 0. The number of hydrogen-bond acceptors (Lipinski definition) is 3. The lowest BCUT2D eigenvalue weighted by Crippen LogP contribution is -2.57. The highest BCUT2D eigenvalue weighted by molar-refractivity contribution is 6.08. The molecule has 3 aromatic rings. The van der Waals surface area contributed by atoms with Crippen molar-refractivity contribution < 1.29 is 23.9 Å². The van der Waals surface area contributed by atoms with Crippen LogP contribution in [0, 0.1) is 32.5 Å². The molecule has 1 fully saturated rings. The summed E-state index contributed by atoms with van der Waals surface area (Å²) >= 11 is 0. The Morgan fingerprint density at radius 1 is 0.875 bits per heavy atom. The van der Waals surface area contributed by atoms with Gasteiger partial charge in [0.1, 0.15) is 11.4 Å². The number of benzene rings is 3. The molecule has 0 aromatic heterocycles. The van der Waals surface area contributed by atoms with E-state index >= 15 is 0 Å².